The van der Waals surface area contributed by atoms with E-state index < -0.39 is 11.9 Å². The van der Waals surface area contributed by atoms with Gasteiger partial charge in [-0.2, -0.15) is 0 Å². The number of esters is 1. The summed E-state index contributed by atoms with van der Waals surface area (Å²) in [5.74, 6) is 1.09. The Kier molecular flexibility index (Phi) is 5.21. The van der Waals surface area contributed by atoms with Gasteiger partial charge in [0.15, 0.2) is 11.5 Å². The van der Waals surface area contributed by atoms with Crippen molar-refractivity contribution >= 4 is 11.6 Å². The van der Waals surface area contributed by atoms with Gasteiger partial charge in [0.05, 0.1) is 30.8 Å². The van der Waals surface area contributed by atoms with E-state index in [0.29, 0.717) is 40.0 Å². The number of carbonyl (C=O) groups is 1. The second-order valence-electron chi connectivity index (χ2n) is 7.40. The van der Waals surface area contributed by atoms with Crippen molar-refractivity contribution in [3.8, 4) is 23.0 Å². The lowest BCUT2D eigenvalue weighted by atomic mass is 9.83. The Hall–Kier alpha value is -4.27. The minimum atomic E-state index is -0.510. The lowest BCUT2D eigenvalue weighted by molar-refractivity contribution is -0.139. The molecule has 1 atom stereocenters. The van der Waals surface area contributed by atoms with E-state index in [2.05, 4.69) is 15.1 Å². The number of ether oxygens (including phenoxy) is 3. The first kappa shape index (κ1) is 20.6. The number of carbonyl (C=O) groups excluding carboxylic acids is 1. The maximum Gasteiger partial charge on any atom is 0.338 e. The molecule has 9 heteroatoms. The molecule has 5 rings (SSSR count). The Bertz CT molecular complexity index is 1360. The first-order chi connectivity index (χ1) is 16.1. The second-order valence-corrected chi connectivity index (χ2v) is 7.40. The molecule has 4 aromatic rings. The molecule has 0 aliphatic carbocycles. The number of fused-ring (bicyclic) bond motifs is 3. The van der Waals surface area contributed by atoms with Crippen LogP contribution in [-0.4, -0.2) is 44.3 Å². The Labute approximate surface area is 189 Å². The quantitative estimate of drug-likeness (QED) is 0.432. The number of allylic oxidation sites excluding steroid dienone is 1. The van der Waals surface area contributed by atoms with E-state index >= 15 is 0 Å². The number of benzene rings is 1. The molecule has 1 aliphatic rings. The van der Waals surface area contributed by atoms with Crippen molar-refractivity contribution in [1.29, 1.82) is 0 Å². The summed E-state index contributed by atoms with van der Waals surface area (Å²) in [6.45, 7) is 3.76. The molecule has 0 spiro atoms. The van der Waals surface area contributed by atoms with Gasteiger partial charge in [-0.05, 0) is 43.7 Å². The number of nitrogens with zero attached hydrogens (tertiary/aromatic N) is 5. The zero-order chi connectivity index (χ0) is 22.9. The Morgan fingerprint density at radius 3 is 2.61 bits per heavy atom. The fraction of sp³-hybridized carbons (Fsp3) is 0.208. The van der Waals surface area contributed by atoms with E-state index in [-0.39, 0.29) is 6.61 Å². The fourth-order valence-corrected chi connectivity index (χ4v) is 3.96. The summed E-state index contributed by atoms with van der Waals surface area (Å²) in [4.78, 5) is 26.3. The van der Waals surface area contributed by atoms with E-state index in [1.54, 1.807) is 44.2 Å². The van der Waals surface area contributed by atoms with Gasteiger partial charge in [0.2, 0.25) is 5.88 Å². The molecule has 0 fully saturated rings. The highest BCUT2D eigenvalue weighted by atomic mass is 16.5. The maximum atomic E-state index is 13.0. The van der Waals surface area contributed by atoms with Gasteiger partial charge in [-0.15, -0.1) is 5.10 Å². The number of aromatic nitrogens is 5. The molecule has 166 valence electrons. The predicted octanol–water partition coefficient (Wildman–Crippen LogP) is 3.56. The molecular formula is C24H21N5O4. The number of hydrogen-bond acceptors (Lipinski definition) is 8. The Morgan fingerprint density at radius 1 is 1.15 bits per heavy atom. The van der Waals surface area contributed by atoms with Crippen LogP contribution in [0.3, 0.4) is 0 Å². The normalized spacial score (nSPS) is 15.2. The number of hydrogen-bond donors (Lipinski definition) is 0. The smallest absolute Gasteiger partial charge is 0.338 e. The van der Waals surface area contributed by atoms with Gasteiger partial charge in [0, 0.05) is 18.0 Å². The van der Waals surface area contributed by atoms with E-state index in [9.17, 15) is 4.79 Å². The van der Waals surface area contributed by atoms with E-state index in [0.717, 1.165) is 11.1 Å². The van der Waals surface area contributed by atoms with Crippen LogP contribution in [0.25, 0.3) is 17.0 Å². The molecular weight excluding hydrogens is 422 g/mol. The zero-order valence-corrected chi connectivity index (χ0v) is 18.3. The lowest BCUT2D eigenvalue weighted by Gasteiger charge is -2.28. The molecule has 3 aromatic heterocycles. The first-order valence-corrected chi connectivity index (χ1v) is 10.5. The van der Waals surface area contributed by atoms with Crippen molar-refractivity contribution in [2.24, 2.45) is 0 Å². The lowest BCUT2D eigenvalue weighted by Crippen LogP contribution is -2.24. The molecule has 33 heavy (non-hydrogen) atoms. The molecule has 0 amide bonds. The van der Waals surface area contributed by atoms with Crippen molar-refractivity contribution in [2.75, 3.05) is 13.7 Å². The van der Waals surface area contributed by atoms with Crippen LogP contribution < -0.4 is 9.47 Å². The summed E-state index contributed by atoms with van der Waals surface area (Å²) < 4.78 is 18.3. The van der Waals surface area contributed by atoms with Gasteiger partial charge >= 0.3 is 5.97 Å². The van der Waals surface area contributed by atoms with Crippen LogP contribution in [0.4, 0.5) is 0 Å². The zero-order valence-electron chi connectivity index (χ0n) is 18.3. The SMILES string of the molecule is CCOC(=O)C1=C(C)Oc2ncn3nc(-c4ccncc4)nc3c2[C@@H]1c1ccc(OC)cc1. The highest BCUT2D eigenvalue weighted by Gasteiger charge is 2.38. The molecule has 1 aliphatic heterocycles. The van der Waals surface area contributed by atoms with Gasteiger partial charge < -0.3 is 14.2 Å². The minimum absolute atomic E-state index is 0.247. The Balaban J connectivity index is 1.74. The van der Waals surface area contributed by atoms with E-state index in [4.69, 9.17) is 19.2 Å². The van der Waals surface area contributed by atoms with Crippen molar-refractivity contribution in [3.63, 3.8) is 0 Å². The summed E-state index contributed by atoms with van der Waals surface area (Å²) in [6.07, 6.45) is 4.92. The van der Waals surface area contributed by atoms with Gasteiger partial charge in [0.25, 0.3) is 0 Å². The van der Waals surface area contributed by atoms with E-state index in [1.807, 2.05) is 36.4 Å². The highest BCUT2D eigenvalue weighted by Crippen LogP contribution is 2.44. The van der Waals surface area contributed by atoms with Gasteiger partial charge in [-0.3, -0.25) is 4.98 Å². The van der Waals surface area contributed by atoms with Gasteiger partial charge in [-0.1, -0.05) is 12.1 Å². The monoisotopic (exact) mass is 443 g/mol. The van der Waals surface area contributed by atoms with Crippen LogP contribution in [0, 0.1) is 0 Å². The number of methoxy groups -OCH3 is 1. The summed E-state index contributed by atoms with van der Waals surface area (Å²) >= 11 is 0. The third kappa shape index (κ3) is 3.57. The average molecular weight is 443 g/mol. The van der Waals surface area contributed by atoms with Crippen molar-refractivity contribution in [3.05, 3.63) is 77.6 Å². The molecule has 0 saturated heterocycles. The third-order valence-electron chi connectivity index (χ3n) is 5.48. The average Bonchev–Trinajstić information content (AvgIpc) is 3.28. The van der Waals surface area contributed by atoms with Crippen molar-refractivity contribution < 1.29 is 19.0 Å². The second kappa shape index (κ2) is 8.34. The van der Waals surface area contributed by atoms with E-state index in [1.165, 1.54) is 0 Å². The predicted molar refractivity (Wildman–Crippen MR) is 119 cm³/mol. The molecule has 0 unspecified atom stereocenters. The van der Waals surface area contributed by atoms with Crippen molar-refractivity contribution in [1.82, 2.24) is 24.6 Å². The van der Waals surface area contributed by atoms with Crippen LogP contribution in [-0.2, 0) is 9.53 Å². The molecule has 0 bridgehead atoms. The fourth-order valence-electron chi connectivity index (χ4n) is 3.96. The summed E-state index contributed by atoms with van der Waals surface area (Å²) in [7, 11) is 1.61. The molecule has 4 heterocycles. The summed E-state index contributed by atoms with van der Waals surface area (Å²) in [5, 5.41) is 4.58. The molecule has 9 nitrogen and oxygen atoms in total. The Morgan fingerprint density at radius 2 is 1.91 bits per heavy atom. The van der Waals surface area contributed by atoms with Gasteiger partial charge in [-0.25, -0.2) is 19.3 Å². The minimum Gasteiger partial charge on any atom is -0.497 e. The molecule has 1 aromatic carbocycles. The highest BCUT2D eigenvalue weighted by molar-refractivity contribution is 5.93. The topological polar surface area (TPSA) is 101 Å². The molecule has 0 saturated carbocycles. The van der Waals surface area contributed by atoms with Crippen LogP contribution in [0.2, 0.25) is 0 Å². The van der Waals surface area contributed by atoms with Crippen LogP contribution in [0.5, 0.6) is 11.6 Å². The summed E-state index contributed by atoms with van der Waals surface area (Å²) in [6, 6.07) is 11.2. The maximum absolute atomic E-state index is 13.0. The summed E-state index contributed by atoms with van der Waals surface area (Å²) in [5.41, 5.74) is 3.26. The first-order valence-electron chi connectivity index (χ1n) is 10.5. The van der Waals surface area contributed by atoms with Crippen LogP contribution in [0.1, 0.15) is 30.9 Å². The standard InChI is InChI=1S/C24H21N5O4/c1-4-32-24(30)18-14(2)33-23-20(19(18)15-5-7-17(31-3)8-6-15)22-27-21(28-29(22)13-26-23)16-9-11-25-12-10-16/h5-13,19H,4H2,1-3H3/t19-/m1/s1. The van der Waals surface area contributed by atoms with Crippen LogP contribution in [0.15, 0.2) is 66.5 Å². The van der Waals surface area contributed by atoms with Gasteiger partial charge in [0.1, 0.15) is 17.8 Å². The molecule has 0 radical (unpaired) electrons. The number of rotatable bonds is 5. The molecule has 0 N–H and O–H groups in total. The largest absolute Gasteiger partial charge is 0.497 e. The third-order valence-corrected chi connectivity index (χ3v) is 5.48. The van der Waals surface area contributed by atoms with Crippen molar-refractivity contribution in [2.45, 2.75) is 19.8 Å². The number of pyridine rings is 1. The van der Waals surface area contributed by atoms with Crippen LogP contribution >= 0.6 is 0 Å².